The lowest BCUT2D eigenvalue weighted by Gasteiger charge is -1.99. The second-order valence-electron chi connectivity index (χ2n) is 2.65. The van der Waals surface area contributed by atoms with Crippen molar-refractivity contribution in [3.8, 4) is 0 Å². The molecule has 0 amide bonds. The summed E-state index contributed by atoms with van der Waals surface area (Å²) in [6.07, 6.45) is -1.24. The van der Waals surface area contributed by atoms with Gasteiger partial charge in [-0.2, -0.15) is 4.98 Å². The third-order valence-corrected chi connectivity index (χ3v) is 1.70. The highest BCUT2D eigenvalue weighted by atomic mass is 16.6. The molecule has 2 heterocycles. The summed E-state index contributed by atoms with van der Waals surface area (Å²) >= 11 is 0. The van der Waals surface area contributed by atoms with Crippen LogP contribution < -0.4 is 21.9 Å². The van der Waals surface area contributed by atoms with Gasteiger partial charge < -0.3 is 5.73 Å². The van der Waals surface area contributed by atoms with Gasteiger partial charge in [0.1, 0.15) is 0 Å². The average molecular weight is 198 g/mol. The van der Waals surface area contributed by atoms with Gasteiger partial charge in [-0.3, -0.25) is 30.5 Å². The van der Waals surface area contributed by atoms with E-state index in [0.717, 1.165) is 0 Å². The molecule has 1 aromatic heterocycles. The summed E-state index contributed by atoms with van der Waals surface area (Å²) in [4.78, 5) is 26.9. The first-order valence-corrected chi connectivity index (χ1v) is 3.64. The predicted octanol–water partition coefficient (Wildman–Crippen LogP) is -1.25. The molecule has 0 aromatic carbocycles. The zero-order valence-electron chi connectivity index (χ0n) is 6.77. The third-order valence-electron chi connectivity index (χ3n) is 1.70. The van der Waals surface area contributed by atoms with Gasteiger partial charge in [0.2, 0.25) is 5.95 Å². The Morgan fingerprint density at radius 1 is 1.50 bits per heavy atom. The molecule has 0 saturated heterocycles. The maximum Gasteiger partial charge on any atom is 0.365 e. The molecular weight excluding hydrogens is 192 g/mol. The van der Waals surface area contributed by atoms with Gasteiger partial charge in [-0.15, -0.1) is 0 Å². The number of rotatable bonds is 1. The molecule has 0 bridgehead atoms. The van der Waals surface area contributed by atoms with Gasteiger partial charge in [0, 0.05) is 0 Å². The van der Waals surface area contributed by atoms with Crippen LogP contribution in [-0.4, -0.2) is 21.2 Å². The molecule has 0 saturated carbocycles. The van der Waals surface area contributed by atoms with Crippen molar-refractivity contribution in [3.05, 3.63) is 20.5 Å². The zero-order chi connectivity index (χ0) is 10.3. The summed E-state index contributed by atoms with van der Waals surface area (Å²) in [6, 6.07) is 0. The van der Waals surface area contributed by atoms with Crippen molar-refractivity contribution in [2.45, 2.75) is 6.29 Å². The SMILES string of the molecule is Nc1nc2c(c(=O)[nH]1)NC([N+](=O)[O-])N2. The summed E-state index contributed by atoms with van der Waals surface area (Å²) in [5, 5.41) is 15.1. The van der Waals surface area contributed by atoms with Crippen LogP contribution in [0.1, 0.15) is 0 Å². The van der Waals surface area contributed by atoms with Crippen LogP contribution in [0.25, 0.3) is 0 Å². The second kappa shape index (κ2) is 2.58. The molecule has 0 radical (unpaired) electrons. The van der Waals surface area contributed by atoms with Crippen molar-refractivity contribution in [2.75, 3.05) is 16.4 Å². The molecule has 1 aliphatic rings. The van der Waals surface area contributed by atoms with Crippen molar-refractivity contribution in [1.29, 1.82) is 0 Å². The highest BCUT2D eigenvalue weighted by Gasteiger charge is 2.31. The van der Waals surface area contributed by atoms with Gasteiger partial charge in [-0.1, -0.05) is 0 Å². The van der Waals surface area contributed by atoms with Crippen LogP contribution >= 0.6 is 0 Å². The number of nitro groups is 1. The number of aromatic nitrogens is 2. The van der Waals surface area contributed by atoms with Crippen LogP contribution in [0, 0.1) is 10.1 Å². The molecule has 9 heteroatoms. The second-order valence-corrected chi connectivity index (χ2v) is 2.65. The number of aromatic amines is 1. The van der Waals surface area contributed by atoms with Crippen LogP contribution in [0.4, 0.5) is 17.5 Å². The smallest absolute Gasteiger partial charge is 0.365 e. The number of fused-ring (bicyclic) bond motifs is 1. The molecule has 1 aliphatic heterocycles. The molecule has 74 valence electrons. The topological polar surface area (TPSA) is 139 Å². The van der Waals surface area contributed by atoms with Gasteiger partial charge in [0.05, 0.1) is 4.92 Å². The van der Waals surface area contributed by atoms with Crippen molar-refractivity contribution in [2.24, 2.45) is 0 Å². The molecule has 0 spiro atoms. The first-order chi connectivity index (χ1) is 6.58. The van der Waals surface area contributed by atoms with Gasteiger partial charge in [0.15, 0.2) is 11.5 Å². The van der Waals surface area contributed by atoms with E-state index in [0.29, 0.717) is 0 Å². The van der Waals surface area contributed by atoms with E-state index in [-0.39, 0.29) is 17.5 Å². The highest BCUT2D eigenvalue weighted by Crippen LogP contribution is 2.22. The summed E-state index contributed by atoms with van der Waals surface area (Å²) in [5.74, 6) is -0.00000189. The van der Waals surface area contributed by atoms with E-state index < -0.39 is 16.8 Å². The van der Waals surface area contributed by atoms with Crippen molar-refractivity contribution >= 4 is 17.5 Å². The van der Waals surface area contributed by atoms with E-state index in [9.17, 15) is 14.9 Å². The quantitative estimate of drug-likeness (QED) is 0.326. The molecule has 0 aliphatic carbocycles. The van der Waals surface area contributed by atoms with Gasteiger partial charge in [0.25, 0.3) is 5.56 Å². The molecular formula is C5H6N6O3. The summed E-state index contributed by atoms with van der Waals surface area (Å²) < 4.78 is 0. The maximum atomic E-state index is 11.2. The van der Waals surface area contributed by atoms with E-state index in [1.165, 1.54) is 0 Å². The van der Waals surface area contributed by atoms with Crippen LogP contribution in [0.2, 0.25) is 0 Å². The number of hydrogen-bond donors (Lipinski definition) is 4. The Balaban J connectivity index is 2.45. The predicted molar refractivity (Wildman–Crippen MR) is 47.3 cm³/mol. The molecule has 14 heavy (non-hydrogen) atoms. The van der Waals surface area contributed by atoms with E-state index >= 15 is 0 Å². The standard InChI is InChI=1S/C5H6N6O3/c6-4-8-2-1(3(12)10-4)7-5(9-2)11(13)14/h5,7H,(H4,6,8,9,10,12). The molecule has 1 aromatic rings. The minimum Gasteiger partial charge on any atom is -0.369 e. The van der Waals surface area contributed by atoms with Crippen LogP contribution in [0.3, 0.4) is 0 Å². The lowest BCUT2D eigenvalue weighted by Crippen LogP contribution is -2.31. The van der Waals surface area contributed by atoms with Gasteiger partial charge >= 0.3 is 6.29 Å². The zero-order valence-corrected chi connectivity index (χ0v) is 6.77. The summed E-state index contributed by atoms with van der Waals surface area (Å²) in [6.45, 7) is 0. The Labute approximate surface area is 76.5 Å². The largest absolute Gasteiger partial charge is 0.369 e. The monoisotopic (exact) mass is 198 g/mol. The van der Waals surface area contributed by atoms with Crippen molar-refractivity contribution in [3.63, 3.8) is 0 Å². The van der Waals surface area contributed by atoms with E-state index in [1.54, 1.807) is 0 Å². The van der Waals surface area contributed by atoms with E-state index in [1.807, 2.05) is 0 Å². The van der Waals surface area contributed by atoms with Crippen molar-refractivity contribution < 1.29 is 4.92 Å². The minimum atomic E-state index is -1.24. The van der Waals surface area contributed by atoms with Gasteiger partial charge in [-0.05, 0) is 0 Å². The number of hydrogen-bond acceptors (Lipinski definition) is 7. The fourth-order valence-electron chi connectivity index (χ4n) is 1.14. The van der Waals surface area contributed by atoms with Crippen LogP contribution in [0.15, 0.2) is 4.79 Å². The lowest BCUT2D eigenvalue weighted by molar-refractivity contribution is -0.506. The summed E-state index contributed by atoms with van der Waals surface area (Å²) in [7, 11) is 0. The fraction of sp³-hybridized carbons (Fsp3) is 0.200. The molecule has 9 nitrogen and oxygen atoms in total. The maximum absolute atomic E-state index is 11.2. The average Bonchev–Trinajstić information content (AvgIpc) is 2.47. The van der Waals surface area contributed by atoms with Gasteiger partial charge in [-0.25, -0.2) is 0 Å². The molecule has 1 unspecified atom stereocenters. The molecule has 0 fully saturated rings. The Morgan fingerprint density at radius 2 is 2.21 bits per heavy atom. The Bertz CT molecular complexity index is 453. The number of anilines is 3. The number of nitrogens with one attached hydrogen (secondary N) is 3. The fourth-order valence-corrected chi connectivity index (χ4v) is 1.14. The normalized spacial score (nSPS) is 18.1. The van der Waals surface area contributed by atoms with E-state index in [2.05, 4.69) is 20.6 Å². The van der Waals surface area contributed by atoms with Crippen LogP contribution in [-0.2, 0) is 0 Å². The first-order valence-electron chi connectivity index (χ1n) is 3.64. The Morgan fingerprint density at radius 3 is 2.86 bits per heavy atom. The third kappa shape index (κ3) is 1.11. The Hall–Kier alpha value is -2.32. The minimum absolute atomic E-state index is 0.0286. The van der Waals surface area contributed by atoms with Crippen LogP contribution in [0.5, 0.6) is 0 Å². The van der Waals surface area contributed by atoms with Crippen molar-refractivity contribution in [1.82, 2.24) is 9.97 Å². The number of nitrogens with zero attached hydrogens (tertiary/aromatic N) is 2. The molecule has 2 rings (SSSR count). The molecule has 5 N–H and O–H groups in total. The molecule has 1 atom stereocenters. The Kier molecular flexibility index (Phi) is 1.53. The number of nitrogen functional groups attached to an aromatic ring is 1. The first kappa shape index (κ1) is 8.29. The highest BCUT2D eigenvalue weighted by molar-refractivity contribution is 5.69. The summed E-state index contributed by atoms with van der Waals surface area (Å²) in [5.41, 5.74) is 4.74. The number of nitrogens with two attached hydrogens (primary N) is 1. The van der Waals surface area contributed by atoms with E-state index in [4.69, 9.17) is 5.73 Å². The lowest BCUT2D eigenvalue weighted by atomic mass is 10.5. The number of H-pyrrole nitrogens is 1.